The average Bonchev–Trinajstić information content (AvgIpc) is 1.63. The number of rotatable bonds is 30. The molecule has 3 saturated heterocycles. The lowest BCUT2D eigenvalue weighted by atomic mass is 9.75. The summed E-state index contributed by atoms with van der Waals surface area (Å²) < 4.78 is 10.9. The van der Waals surface area contributed by atoms with Crippen molar-refractivity contribution in [1.29, 1.82) is 0 Å². The molecule has 9 fully saturated rings. The number of amides is 10. The summed E-state index contributed by atoms with van der Waals surface area (Å²) in [4.78, 5) is 200. The molecule has 0 aromatic heterocycles. The number of fused-ring (bicyclic) bond motifs is 4. The fourth-order valence-electron chi connectivity index (χ4n) is 20.6. The summed E-state index contributed by atoms with van der Waals surface area (Å²) in [6.45, 7) is 34.8. The van der Waals surface area contributed by atoms with Crippen LogP contribution in [-0.2, 0) is 67.0 Å². The third-order valence-corrected chi connectivity index (χ3v) is 28.2. The number of nitrogens with two attached hydrogens (primary N) is 4. The van der Waals surface area contributed by atoms with Crippen LogP contribution in [0.15, 0.2) is 24.3 Å². The number of hydrogen-bond donors (Lipinski definition) is 9. The summed E-state index contributed by atoms with van der Waals surface area (Å²) >= 11 is 0. The van der Waals surface area contributed by atoms with Gasteiger partial charge in [0.05, 0.1) is 60.5 Å². The Kier molecular flexibility index (Phi) is 39.3. The summed E-state index contributed by atoms with van der Waals surface area (Å²) in [5, 5.41) is 35.2. The smallest absolute Gasteiger partial charge is 0.326 e. The van der Waals surface area contributed by atoms with Crippen molar-refractivity contribution in [3.8, 4) is 0 Å². The minimum Gasteiger partial charge on any atom is -0.480 e. The lowest BCUT2D eigenvalue weighted by molar-refractivity contribution is -0.162. The zero-order chi connectivity index (χ0) is 93.4. The van der Waals surface area contributed by atoms with Gasteiger partial charge in [-0.1, -0.05) is 187 Å². The highest BCUT2D eigenvalue weighted by atomic mass is 35.5. The highest BCUT2D eigenvalue weighted by Gasteiger charge is 2.57. The summed E-state index contributed by atoms with van der Waals surface area (Å²) in [5.41, 5.74) is 18.4. The number of urea groups is 1. The van der Waals surface area contributed by atoms with Crippen LogP contribution in [0.25, 0.3) is 0 Å². The summed E-state index contributed by atoms with van der Waals surface area (Å²) in [5.74, 6) is -7.65. The molecule has 0 bridgehead atoms. The maximum Gasteiger partial charge on any atom is 0.326 e. The molecule has 724 valence electrons. The number of imide groups is 1. The second-order valence-electron chi connectivity index (χ2n) is 44.2. The number of benzene rings is 1. The van der Waals surface area contributed by atoms with Crippen molar-refractivity contribution in [2.24, 2.45) is 122 Å². The topological polar surface area (TPSA) is 476 Å². The number of primary amides is 3. The molecule has 1 aromatic carbocycles. The number of carbonyl (C=O) groups is 15. The van der Waals surface area contributed by atoms with E-state index in [0.29, 0.717) is 61.9 Å². The third-order valence-electron chi connectivity index (χ3n) is 28.2. The Hall–Kier alpha value is -7.96. The Balaban J connectivity index is 0.000000328. The van der Waals surface area contributed by atoms with Crippen LogP contribution < -0.4 is 33.6 Å². The number of carboxylic acids is 1. The van der Waals surface area contributed by atoms with Crippen molar-refractivity contribution in [2.75, 3.05) is 26.2 Å². The highest BCUT2D eigenvalue weighted by molar-refractivity contribution is 6.36. The molecule has 6 saturated carbocycles. The number of nitrogens with one attached hydrogen (secondary N) is 2. The van der Waals surface area contributed by atoms with Crippen LogP contribution in [0.4, 0.5) is 4.79 Å². The molecule has 10 amide bonds. The molecule has 128 heavy (non-hydrogen) atoms. The second kappa shape index (κ2) is 45.4. The van der Waals surface area contributed by atoms with Gasteiger partial charge >= 0.3 is 23.9 Å². The number of carbonyl (C=O) groups excluding carboxylic acids is 14. The van der Waals surface area contributed by atoms with Crippen molar-refractivity contribution in [1.82, 2.24) is 30.2 Å². The molecule has 1 aromatic rings. The fourth-order valence-corrected chi connectivity index (χ4v) is 20.6. The van der Waals surface area contributed by atoms with E-state index in [1.807, 2.05) is 83.1 Å². The monoisotopic (exact) mass is 1820 g/mol. The Morgan fingerprint density at radius 3 is 1.18 bits per heavy atom. The Labute approximate surface area is 766 Å². The number of aliphatic hydroxyl groups excluding tert-OH is 2. The molecule has 0 radical (unpaired) electrons. The van der Waals surface area contributed by atoms with Crippen molar-refractivity contribution in [2.45, 2.75) is 360 Å². The number of ether oxygens (including phenoxy) is 2. The summed E-state index contributed by atoms with van der Waals surface area (Å²) in [6, 6.07) is 1.71. The van der Waals surface area contributed by atoms with E-state index in [9.17, 15) is 82.1 Å². The lowest BCUT2D eigenvalue weighted by Gasteiger charge is -2.38. The van der Waals surface area contributed by atoms with Gasteiger partial charge in [0.1, 0.15) is 35.5 Å². The van der Waals surface area contributed by atoms with Gasteiger partial charge in [-0.3, -0.25) is 67.2 Å². The van der Waals surface area contributed by atoms with E-state index in [1.54, 1.807) is 75.6 Å². The normalized spacial score (nSPS) is 24.7. The Morgan fingerprint density at radius 1 is 0.461 bits per heavy atom. The average molecular weight is 1820 g/mol. The van der Waals surface area contributed by atoms with Gasteiger partial charge in [-0.15, -0.1) is 12.4 Å². The van der Waals surface area contributed by atoms with Crippen LogP contribution in [0.2, 0.25) is 0 Å². The first kappa shape index (κ1) is 111. The van der Waals surface area contributed by atoms with E-state index in [2.05, 4.69) is 10.6 Å². The van der Waals surface area contributed by atoms with Gasteiger partial charge in [-0.2, -0.15) is 0 Å². The molecule has 4 aliphatic heterocycles. The largest absolute Gasteiger partial charge is 0.480 e. The molecule has 11 rings (SSSR count). The van der Waals surface area contributed by atoms with Crippen molar-refractivity contribution in [3.63, 3.8) is 0 Å². The Morgan fingerprint density at radius 2 is 0.828 bits per heavy atom. The first-order chi connectivity index (χ1) is 57.9. The van der Waals surface area contributed by atoms with Crippen LogP contribution in [0.5, 0.6) is 0 Å². The van der Waals surface area contributed by atoms with Crippen molar-refractivity contribution in [3.05, 3.63) is 35.4 Å². The van der Waals surface area contributed by atoms with Crippen LogP contribution in [-0.4, -0.2) is 209 Å². The molecule has 5 unspecified atom stereocenters. The SMILES string of the molecule is C.C.CC(C)(C)OC(=O)C[C@H](C(=O)N1C[C@@H]2CCC[C@@H]2[C@H]1C(=O)CC(CC1CCC1)C(O)C(N)=O)C(C)(C)C.CC(C)(C)OC(=O)C[C@H](C(=O)N1C[C@@H]2CCC[C@@H]2[C@H]1C(=O)O)C(C)(C)C.CC(C)(C)[C@H](NC(=O)N[C@H](CN1C(=O)c2ccccc2C1=O)C(C)(C)C)C(=O)N1C[C@@H]2CCC[C@@H]2[C@H]1C(=O)CC(CC1CCC1)C(=O)C(N)=O.Cl.NC(=O)C(O)C(N)CC1CCC1. The lowest BCUT2D eigenvalue weighted by Crippen LogP contribution is -2.61. The van der Waals surface area contributed by atoms with E-state index < -0.39 is 164 Å². The molecule has 0 spiro atoms. The predicted molar refractivity (Wildman–Crippen MR) is 489 cm³/mol. The first-order valence-electron chi connectivity index (χ1n) is 46.1. The number of likely N-dealkylation sites (tertiary alicyclic amines) is 3. The van der Waals surface area contributed by atoms with Gasteiger partial charge in [0, 0.05) is 50.4 Å². The van der Waals surface area contributed by atoms with Gasteiger partial charge in [0.25, 0.3) is 17.7 Å². The van der Waals surface area contributed by atoms with E-state index in [1.165, 1.54) is 24.2 Å². The van der Waals surface area contributed by atoms with E-state index in [4.69, 9.17) is 37.5 Å². The number of ketones is 3. The van der Waals surface area contributed by atoms with Gasteiger partial charge < -0.3 is 73.1 Å². The molecule has 13 N–H and O–H groups in total. The highest BCUT2D eigenvalue weighted by Crippen LogP contribution is 2.49. The molecule has 18 atom stereocenters. The van der Waals surface area contributed by atoms with Crippen LogP contribution in [0, 0.1) is 98.6 Å². The molecular weight excluding hydrogens is 1660 g/mol. The van der Waals surface area contributed by atoms with Crippen molar-refractivity contribution < 1.29 is 96.7 Å². The minimum atomic E-state index is -1.37. The number of aliphatic hydroxyl groups is 2. The minimum absolute atomic E-state index is 0. The fraction of sp³-hybridized carbons (Fsp3) is 0.784. The Bertz CT molecular complexity index is 4050. The van der Waals surface area contributed by atoms with E-state index >= 15 is 0 Å². The standard InChI is InChI=1S/C38H53N5O7.C29H48N2O6.C20H33NO5.C8H16N2O2.2CH4.ClH/c1-37(2,3)28(20-43-33(47)25-14-7-8-15-26(25)34(43)48)40-36(50)41-31(38(4,5)6)35(49)42-19-22-13-10-16-24(22)29(42)27(44)18-23(30(45)32(39)46)17-21-11-9-12-21;1-28(2,3)21(15-23(33)37-29(4,5)6)27(36)31-16-18-11-8-12-20(18)24(31)22(32)14-19(25(34)26(30)35)13-17-9-7-10-17;1-19(2,3)14(10-15(22)26-20(4,5)6)17(23)21-11-12-8-7-9-13(12)16(21)18(24)25;9-6(7(11)8(10)12)4-5-2-1-3-5;;;/h7-8,14-15,21-24,28-29,31H,9-13,16-20H2,1-6H3,(H2,39,46)(H2,40,41,50);17-21,24-25,34H,7-16H2,1-6H3,(H2,30,35);12-14,16H,7-11H2,1-6H3,(H,24,25);5-7,11H,1-4,9H2,(H2,10,12);2*1H4;1H/t22-,23?,24-,28+,29-,31+;18-,19?,20-,21+,24-,25?;12-,13-,14+,16-;;;;/m000..../s1. The van der Waals surface area contributed by atoms with Crippen LogP contribution in [0.1, 0.15) is 321 Å². The molecule has 6 aliphatic carbocycles. The number of nitrogens with zero attached hydrogens (tertiary/aromatic N) is 4. The maximum absolute atomic E-state index is 14.5. The van der Waals surface area contributed by atoms with E-state index in [-0.39, 0.29) is 130 Å². The molecular formula is C97H159ClN10O20. The van der Waals surface area contributed by atoms with Crippen LogP contribution >= 0.6 is 12.4 Å². The number of esters is 2. The number of carboxylic acid groups (broad SMARTS) is 1. The first-order valence-corrected chi connectivity index (χ1v) is 46.1. The van der Waals surface area contributed by atoms with Gasteiger partial charge in [-0.05, 0) is 186 Å². The van der Waals surface area contributed by atoms with Crippen LogP contribution in [0.3, 0.4) is 0 Å². The zero-order valence-electron chi connectivity index (χ0n) is 78.2. The summed E-state index contributed by atoms with van der Waals surface area (Å²) in [7, 11) is 0. The molecule has 30 nitrogen and oxygen atoms in total. The van der Waals surface area contributed by atoms with Gasteiger partial charge in [0.2, 0.25) is 35.3 Å². The quantitative estimate of drug-likeness (QED) is 0.0196. The predicted octanol–water partition coefficient (Wildman–Crippen LogP) is 11.6. The second-order valence-corrected chi connectivity index (χ2v) is 44.2. The van der Waals surface area contributed by atoms with Crippen molar-refractivity contribution >= 4 is 101 Å². The van der Waals surface area contributed by atoms with E-state index in [0.717, 1.165) is 101 Å². The summed E-state index contributed by atoms with van der Waals surface area (Å²) in [6.07, 6.45) is 17.1. The number of Topliss-reactive ketones (excluding diaryl/α,β-unsaturated/α-hetero) is 3. The third kappa shape index (κ3) is 28.8. The molecule has 10 aliphatic rings. The molecule has 31 heteroatoms. The van der Waals surface area contributed by atoms with Gasteiger partial charge in [-0.25, -0.2) is 9.59 Å². The number of halogens is 1. The number of aliphatic carboxylic acids is 1. The van der Waals surface area contributed by atoms with Gasteiger partial charge in [0.15, 0.2) is 11.6 Å². The number of hydrogen-bond acceptors (Lipinski definition) is 20. The molecule has 4 heterocycles. The zero-order valence-corrected chi connectivity index (χ0v) is 79.0. The maximum atomic E-state index is 14.5.